The van der Waals surface area contributed by atoms with Crippen LogP contribution >= 0.6 is 0 Å². The second-order valence-corrected chi connectivity index (χ2v) is 5.84. The number of nitrogens with zero attached hydrogens (tertiary/aromatic N) is 2. The lowest BCUT2D eigenvalue weighted by molar-refractivity contribution is 0.0927. The molecule has 22 heavy (non-hydrogen) atoms. The predicted octanol–water partition coefficient (Wildman–Crippen LogP) is 3.38. The Labute approximate surface area is 129 Å². The summed E-state index contributed by atoms with van der Waals surface area (Å²) in [6.45, 7) is 1.85. The lowest BCUT2D eigenvalue weighted by atomic mass is 9.95. The summed E-state index contributed by atoms with van der Waals surface area (Å²) in [5, 5.41) is 7.36. The molecule has 1 heterocycles. The third-order valence-corrected chi connectivity index (χ3v) is 4.27. The third kappa shape index (κ3) is 3.03. The molecule has 2 aromatic rings. The fourth-order valence-electron chi connectivity index (χ4n) is 2.99. The molecule has 4 nitrogen and oxygen atoms in total. The highest BCUT2D eigenvalue weighted by molar-refractivity contribution is 5.95. The van der Waals surface area contributed by atoms with Crippen molar-refractivity contribution in [1.29, 1.82) is 0 Å². The van der Waals surface area contributed by atoms with Crippen molar-refractivity contribution in [3.05, 3.63) is 47.5 Å². The van der Waals surface area contributed by atoms with Crippen LogP contribution in [0.4, 0.5) is 4.39 Å². The first-order valence-corrected chi connectivity index (χ1v) is 7.76. The first-order chi connectivity index (χ1) is 10.6. The second-order valence-electron chi connectivity index (χ2n) is 5.84. The molecule has 0 aliphatic heterocycles. The number of rotatable bonds is 3. The van der Waals surface area contributed by atoms with E-state index in [0.717, 1.165) is 24.2 Å². The number of hydrogen-bond acceptors (Lipinski definition) is 2. The van der Waals surface area contributed by atoms with Gasteiger partial charge in [-0.15, -0.1) is 0 Å². The summed E-state index contributed by atoms with van der Waals surface area (Å²) >= 11 is 0. The molecule has 3 rings (SSSR count). The summed E-state index contributed by atoms with van der Waals surface area (Å²) in [6, 6.07) is 6.35. The number of hydrogen-bond donors (Lipinski definition) is 1. The first-order valence-electron chi connectivity index (χ1n) is 7.76. The van der Waals surface area contributed by atoms with Gasteiger partial charge >= 0.3 is 0 Å². The van der Waals surface area contributed by atoms with Gasteiger partial charge in [0.15, 0.2) is 0 Å². The minimum atomic E-state index is -0.288. The normalized spacial score (nSPS) is 15.7. The Balaban J connectivity index is 1.77. The van der Waals surface area contributed by atoms with Gasteiger partial charge in [-0.2, -0.15) is 5.10 Å². The topological polar surface area (TPSA) is 46.9 Å². The summed E-state index contributed by atoms with van der Waals surface area (Å²) in [7, 11) is 0. The molecule has 0 saturated heterocycles. The standard InChI is InChI=1S/C17H20FN3O/c1-12-16(17(22)20-14-5-3-2-4-6-14)11-19-21(12)15-9-7-13(18)8-10-15/h7-11,14H,2-6H2,1H3,(H,20,22). The highest BCUT2D eigenvalue weighted by Crippen LogP contribution is 2.19. The largest absolute Gasteiger partial charge is 0.349 e. The lowest BCUT2D eigenvalue weighted by Gasteiger charge is -2.22. The molecule has 0 atom stereocenters. The quantitative estimate of drug-likeness (QED) is 0.944. The van der Waals surface area contributed by atoms with Gasteiger partial charge in [-0.1, -0.05) is 19.3 Å². The highest BCUT2D eigenvalue weighted by Gasteiger charge is 2.20. The number of benzene rings is 1. The number of amides is 1. The molecule has 116 valence electrons. The van der Waals surface area contributed by atoms with Crippen LogP contribution in [0.15, 0.2) is 30.5 Å². The van der Waals surface area contributed by atoms with Crippen LogP contribution in [-0.4, -0.2) is 21.7 Å². The summed E-state index contributed by atoms with van der Waals surface area (Å²) in [5.41, 5.74) is 2.09. The summed E-state index contributed by atoms with van der Waals surface area (Å²) in [4.78, 5) is 12.4. The average molecular weight is 301 g/mol. The Bertz CT molecular complexity index is 657. The summed E-state index contributed by atoms with van der Waals surface area (Å²) in [6.07, 6.45) is 7.30. The van der Waals surface area contributed by atoms with Crippen molar-refractivity contribution in [2.24, 2.45) is 0 Å². The zero-order valence-corrected chi connectivity index (χ0v) is 12.7. The Morgan fingerprint density at radius 1 is 1.23 bits per heavy atom. The maximum atomic E-state index is 13.0. The molecule has 5 heteroatoms. The molecule has 0 bridgehead atoms. The fraction of sp³-hybridized carbons (Fsp3) is 0.412. The van der Waals surface area contributed by atoms with E-state index in [1.807, 2.05) is 6.92 Å². The molecule has 1 aromatic carbocycles. The Kier molecular flexibility index (Phi) is 4.22. The van der Waals surface area contributed by atoms with Crippen LogP contribution in [0.2, 0.25) is 0 Å². The monoisotopic (exact) mass is 301 g/mol. The number of halogens is 1. The second kappa shape index (κ2) is 6.30. The van der Waals surface area contributed by atoms with Gasteiger partial charge in [0.05, 0.1) is 23.1 Å². The maximum Gasteiger partial charge on any atom is 0.254 e. The van der Waals surface area contributed by atoms with Crippen LogP contribution in [0.1, 0.15) is 48.2 Å². The van der Waals surface area contributed by atoms with Gasteiger partial charge < -0.3 is 5.32 Å². The minimum absolute atomic E-state index is 0.0715. The van der Waals surface area contributed by atoms with E-state index in [4.69, 9.17) is 0 Å². The smallest absolute Gasteiger partial charge is 0.254 e. The van der Waals surface area contributed by atoms with Crippen molar-refractivity contribution < 1.29 is 9.18 Å². The molecule has 1 saturated carbocycles. The van der Waals surface area contributed by atoms with Crippen LogP contribution in [0.5, 0.6) is 0 Å². The maximum absolute atomic E-state index is 13.0. The van der Waals surface area contributed by atoms with E-state index in [2.05, 4.69) is 10.4 Å². The zero-order valence-electron chi connectivity index (χ0n) is 12.7. The van der Waals surface area contributed by atoms with Gasteiger partial charge in [0.2, 0.25) is 0 Å². The van der Waals surface area contributed by atoms with Crippen molar-refractivity contribution in [3.8, 4) is 5.69 Å². The minimum Gasteiger partial charge on any atom is -0.349 e. The average Bonchev–Trinajstić information content (AvgIpc) is 2.91. The molecule has 1 N–H and O–H groups in total. The van der Waals surface area contributed by atoms with E-state index in [1.54, 1.807) is 23.0 Å². The van der Waals surface area contributed by atoms with Crippen LogP contribution in [0.3, 0.4) is 0 Å². The molecule has 0 unspecified atom stereocenters. The van der Waals surface area contributed by atoms with Crippen molar-refractivity contribution in [1.82, 2.24) is 15.1 Å². The number of nitrogens with one attached hydrogen (secondary N) is 1. The van der Waals surface area contributed by atoms with Gasteiger partial charge in [0.1, 0.15) is 5.82 Å². The van der Waals surface area contributed by atoms with Gasteiger partial charge in [0, 0.05) is 6.04 Å². The van der Waals surface area contributed by atoms with Crippen molar-refractivity contribution in [2.45, 2.75) is 45.1 Å². The Morgan fingerprint density at radius 3 is 2.59 bits per heavy atom. The van der Waals surface area contributed by atoms with E-state index in [-0.39, 0.29) is 17.8 Å². The molecule has 0 radical (unpaired) electrons. The van der Waals surface area contributed by atoms with E-state index in [1.165, 1.54) is 31.4 Å². The van der Waals surface area contributed by atoms with Crippen molar-refractivity contribution in [2.75, 3.05) is 0 Å². The van der Waals surface area contributed by atoms with E-state index >= 15 is 0 Å². The number of carbonyl (C=O) groups is 1. The zero-order chi connectivity index (χ0) is 15.5. The SMILES string of the molecule is Cc1c(C(=O)NC2CCCCC2)cnn1-c1ccc(F)cc1. The lowest BCUT2D eigenvalue weighted by Crippen LogP contribution is -2.36. The van der Waals surface area contributed by atoms with Gasteiger partial charge in [-0.25, -0.2) is 9.07 Å². The van der Waals surface area contributed by atoms with Crippen LogP contribution < -0.4 is 5.32 Å². The van der Waals surface area contributed by atoms with Gasteiger partial charge in [0.25, 0.3) is 5.91 Å². The van der Waals surface area contributed by atoms with Crippen LogP contribution in [0, 0.1) is 12.7 Å². The van der Waals surface area contributed by atoms with Gasteiger partial charge in [-0.3, -0.25) is 4.79 Å². The molecular formula is C17H20FN3O. The molecule has 1 aliphatic rings. The summed E-state index contributed by atoms with van der Waals surface area (Å²) < 4.78 is 14.7. The fourth-order valence-corrected chi connectivity index (χ4v) is 2.99. The highest BCUT2D eigenvalue weighted by atomic mass is 19.1. The van der Waals surface area contributed by atoms with E-state index < -0.39 is 0 Å². The Morgan fingerprint density at radius 2 is 1.91 bits per heavy atom. The molecule has 0 spiro atoms. The first kappa shape index (κ1) is 14.8. The van der Waals surface area contributed by atoms with E-state index in [0.29, 0.717) is 5.56 Å². The Hall–Kier alpha value is -2.17. The molecule has 1 aromatic heterocycles. The molecule has 1 aliphatic carbocycles. The third-order valence-electron chi connectivity index (χ3n) is 4.27. The van der Waals surface area contributed by atoms with Crippen LogP contribution in [-0.2, 0) is 0 Å². The van der Waals surface area contributed by atoms with Crippen LogP contribution in [0.25, 0.3) is 5.69 Å². The number of aromatic nitrogens is 2. The molecular weight excluding hydrogens is 281 g/mol. The van der Waals surface area contributed by atoms with E-state index in [9.17, 15) is 9.18 Å². The molecule has 1 amide bonds. The number of carbonyl (C=O) groups excluding carboxylic acids is 1. The van der Waals surface area contributed by atoms with Crippen molar-refractivity contribution >= 4 is 5.91 Å². The predicted molar refractivity (Wildman–Crippen MR) is 82.6 cm³/mol. The van der Waals surface area contributed by atoms with Crippen molar-refractivity contribution in [3.63, 3.8) is 0 Å². The van der Waals surface area contributed by atoms with Gasteiger partial charge in [-0.05, 0) is 44.0 Å². The summed E-state index contributed by atoms with van der Waals surface area (Å²) in [5.74, 6) is -0.360. The molecule has 1 fully saturated rings.